The van der Waals surface area contributed by atoms with Crippen molar-refractivity contribution in [1.29, 1.82) is 0 Å². The second kappa shape index (κ2) is 6.30. The number of nitrogens with one attached hydrogen (secondary N) is 2. The van der Waals surface area contributed by atoms with Crippen molar-refractivity contribution in [2.24, 2.45) is 4.99 Å². The van der Waals surface area contributed by atoms with Crippen LogP contribution in [-0.4, -0.2) is 32.9 Å². The molecular formula is C9H8ClN6O3S-. The minimum atomic E-state index is -1.75. The van der Waals surface area contributed by atoms with E-state index in [4.69, 9.17) is 26.9 Å². The van der Waals surface area contributed by atoms with Crippen molar-refractivity contribution < 1.29 is 5.09 Å². The maximum atomic E-state index is 8.25. The fourth-order valence-corrected chi connectivity index (χ4v) is 2.29. The van der Waals surface area contributed by atoms with E-state index >= 15 is 0 Å². The summed E-state index contributed by atoms with van der Waals surface area (Å²) in [5, 5.41) is 21.6. The van der Waals surface area contributed by atoms with Gasteiger partial charge in [-0.2, -0.15) is 8.75 Å². The van der Waals surface area contributed by atoms with Crippen LogP contribution in [0.15, 0.2) is 17.1 Å². The number of nitrogens with zero attached hydrogens (tertiary/aromatic N) is 4. The highest BCUT2D eigenvalue weighted by atomic mass is 35.5. The van der Waals surface area contributed by atoms with Gasteiger partial charge in [0.25, 0.3) is 0 Å². The zero-order valence-corrected chi connectivity index (χ0v) is 11.4. The van der Waals surface area contributed by atoms with Crippen LogP contribution in [0.3, 0.4) is 0 Å². The van der Waals surface area contributed by atoms with E-state index in [0.29, 0.717) is 5.02 Å². The monoisotopic (exact) mass is 315 g/mol. The summed E-state index contributed by atoms with van der Waals surface area (Å²) in [6, 6.07) is 3.67. The molecule has 0 amide bonds. The van der Waals surface area contributed by atoms with E-state index in [9.17, 15) is 0 Å². The predicted octanol–water partition coefficient (Wildman–Crippen LogP) is 1.48. The highest BCUT2D eigenvalue weighted by Gasteiger charge is 2.13. The number of benzene rings is 1. The lowest BCUT2D eigenvalue weighted by Gasteiger charge is -2.08. The molecule has 9 nitrogen and oxygen atoms in total. The molecule has 106 valence electrons. The van der Waals surface area contributed by atoms with Gasteiger partial charge in [0.1, 0.15) is 11.0 Å². The zero-order valence-electron chi connectivity index (χ0n) is 9.87. The molecule has 0 bridgehead atoms. The summed E-state index contributed by atoms with van der Waals surface area (Å²) in [4.78, 5) is 12.5. The van der Waals surface area contributed by atoms with Crippen molar-refractivity contribution in [1.82, 2.24) is 14.1 Å². The van der Waals surface area contributed by atoms with E-state index in [1.165, 1.54) is 11.7 Å². The van der Waals surface area contributed by atoms with Crippen LogP contribution in [0.4, 0.5) is 5.69 Å². The number of fused-ring (bicyclic) bond motifs is 1. The first kappa shape index (κ1) is 14.2. The van der Waals surface area contributed by atoms with Crippen molar-refractivity contribution in [3.05, 3.63) is 32.5 Å². The third-order valence-electron chi connectivity index (χ3n) is 2.29. The van der Waals surface area contributed by atoms with Gasteiger partial charge in [0, 0.05) is 6.54 Å². The van der Waals surface area contributed by atoms with E-state index in [2.05, 4.69) is 24.4 Å². The summed E-state index contributed by atoms with van der Waals surface area (Å²) < 4.78 is 8.39. The average molecular weight is 316 g/mol. The van der Waals surface area contributed by atoms with Gasteiger partial charge in [-0.05, 0) is 12.1 Å². The summed E-state index contributed by atoms with van der Waals surface area (Å²) in [5.74, 6) is 0.738. The maximum Gasteiger partial charge on any atom is 0.196 e. The molecule has 3 rings (SSSR count). The second-order valence-electron chi connectivity index (χ2n) is 3.56. The quantitative estimate of drug-likeness (QED) is 0.602. The molecule has 11 heteroatoms. The second-order valence-corrected chi connectivity index (χ2v) is 4.50. The molecule has 0 radical (unpaired) electrons. The first-order chi connectivity index (χ1) is 9.58. The largest absolute Gasteiger partial charge is 0.356 e. The van der Waals surface area contributed by atoms with Crippen LogP contribution in [0.25, 0.3) is 11.0 Å². The maximum absolute atomic E-state index is 8.25. The molecule has 20 heavy (non-hydrogen) atoms. The molecule has 0 saturated heterocycles. The molecule has 1 aromatic carbocycles. The third-order valence-corrected chi connectivity index (χ3v) is 3.15. The van der Waals surface area contributed by atoms with Crippen molar-refractivity contribution >= 4 is 46.0 Å². The van der Waals surface area contributed by atoms with Crippen molar-refractivity contribution in [2.45, 2.75) is 0 Å². The molecule has 1 aromatic heterocycles. The van der Waals surface area contributed by atoms with Crippen LogP contribution in [0, 0.1) is 15.3 Å². The van der Waals surface area contributed by atoms with Gasteiger partial charge in [-0.1, -0.05) is 11.6 Å². The standard InChI is InChI=1S/C9H8ClN5S.NO3/c10-5-1-2-6-8(15-16-14-6)7(5)13-9-11-3-4-12-9;2-1(3)4/h1-2H,3-4H2,(H2,11,12,13);/q;-1. The van der Waals surface area contributed by atoms with Crippen molar-refractivity contribution in [3.8, 4) is 0 Å². The van der Waals surface area contributed by atoms with E-state index < -0.39 is 5.09 Å². The Morgan fingerprint density at radius 1 is 1.40 bits per heavy atom. The Balaban J connectivity index is 0.000000328. The Bertz CT molecular complexity index is 656. The van der Waals surface area contributed by atoms with E-state index in [-0.39, 0.29) is 0 Å². The Morgan fingerprint density at radius 3 is 2.80 bits per heavy atom. The smallest absolute Gasteiger partial charge is 0.196 e. The topological polar surface area (TPSA) is 128 Å². The molecule has 0 aliphatic carbocycles. The van der Waals surface area contributed by atoms with Gasteiger partial charge < -0.3 is 26.0 Å². The van der Waals surface area contributed by atoms with Gasteiger partial charge in [-0.25, -0.2) is 0 Å². The molecule has 2 N–H and O–H groups in total. The number of aromatic nitrogens is 2. The van der Waals surface area contributed by atoms with Gasteiger partial charge in [0.15, 0.2) is 5.96 Å². The molecule has 0 atom stereocenters. The van der Waals surface area contributed by atoms with E-state index in [1.807, 2.05) is 12.1 Å². The highest BCUT2D eigenvalue weighted by molar-refractivity contribution is 7.00. The van der Waals surface area contributed by atoms with Crippen molar-refractivity contribution in [2.75, 3.05) is 18.4 Å². The van der Waals surface area contributed by atoms with E-state index in [0.717, 1.165) is 35.8 Å². The lowest BCUT2D eigenvalue weighted by Crippen LogP contribution is -2.26. The molecule has 0 spiro atoms. The summed E-state index contributed by atoms with van der Waals surface area (Å²) in [6.45, 7) is 1.64. The number of guanidine groups is 1. The molecule has 1 aliphatic heterocycles. The minimum Gasteiger partial charge on any atom is -0.356 e. The van der Waals surface area contributed by atoms with Gasteiger partial charge in [-0.15, -0.1) is 0 Å². The molecule has 2 aromatic rings. The highest BCUT2D eigenvalue weighted by Crippen LogP contribution is 2.29. The van der Waals surface area contributed by atoms with Gasteiger partial charge in [0.05, 0.1) is 34.1 Å². The predicted molar refractivity (Wildman–Crippen MR) is 76.7 cm³/mol. The summed E-state index contributed by atoms with van der Waals surface area (Å²) in [7, 11) is 0. The van der Waals surface area contributed by atoms with Crippen LogP contribution in [-0.2, 0) is 0 Å². The van der Waals surface area contributed by atoms with Crippen LogP contribution >= 0.6 is 23.3 Å². The number of halogens is 1. The summed E-state index contributed by atoms with van der Waals surface area (Å²) >= 11 is 7.30. The van der Waals surface area contributed by atoms with Crippen LogP contribution < -0.4 is 10.6 Å². The summed E-state index contributed by atoms with van der Waals surface area (Å²) in [5.41, 5.74) is 2.39. The van der Waals surface area contributed by atoms with Gasteiger partial charge >= 0.3 is 0 Å². The Morgan fingerprint density at radius 2 is 2.15 bits per heavy atom. The van der Waals surface area contributed by atoms with Crippen LogP contribution in [0.5, 0.6) is 0 Å². The fraction of sp³-hybridized carbons (Fsp3) is 0.222. The number of anilines is 1. The molecule has 2 heterocycles. The Kier molecular flexibility index (Phi) is 4.48. The Labute approximate surface area is 121 Å². The summed E-state index contributed by atoms with van der Waals surface area (Å²) in [6.07, 6.45) is 0. The minimum absolute atomic E-state index is 0.622. The molecule has 0 unspecified atom stereocenters. The van der Waals surface area contributed by atoms with Crippen molar-refractivity contribution in [3.63, 3.8) is 0 Å². The van der Waals surface area contributed by atoms with Gasteiger partial charge in [-0.3, -0.25) is 4.99 Å². The van der Waals surface area contributed by atoms with Crippen LogP contribution in [0.1, 0.15) is 0 Å². The molecular weight excluding hydrogens is 308 g/mol. The van der Waals surface area contributed by atoms with Crippen LogP contribution in [0.2, 0.25) is 5.02 Å². The number of rotatable bonds is 1. The first-order valence-corrected chi connectivity index (χ1v) is 6.46. The van der Waals surface area contributed by atoms with E-state index in [1.54, 1.807) is 0 Å². The fourth-order valence-electron chi connectivity index (χ4n) is 1.55. The third kappa shape index (κ3) is 3.42. The Hall–Kier alpha value is -2.20. The average Bonchev–Trinajstić information content (AvgIpc) is 3.03. The lowest BCUT2D eigenvalue weighted by atomic mass is 10.2. The number of hydrogen-bond donors (Lipinski definition) is 2. The zero-order chi connectivity index (χ0) is 14.5. The SMILES string of the molecule is Clc1ccc2nsnc2c1NC1=NCCN1.O=[N+]([O-])[O-]. The normalized spacial score (nSPS) is 13.2. The lowest BCUT2D eigenvalue weighted by molar-refractivity contribution is -0.402. The molecule has 1 aliphatic rings. The molecule has 0 fully saturated rings. The number of aliphatic imine (C=N–C) groups is 1. The number of hydrogen-bond acceptors (Lipinski definition) is 9. The first-order valence-electron chi connectivity index (χ1n) is 5.35. The molecule has 0 saturated carbocycles. The van der Waals surface area contributed by atoms with Gasteiger partial charge in [0.2, 0.25) is 0 Å².